The topological polar surface area (TPSA) is 89.0 Å². The van der Waals surface area contributed by atoms with Gasteiger partial charge in [-0.2, -0.15) is 0 Å². The van der Waals surface area contributed by atoms with E-state index in [1.165, 1.54) is 25.7 Å². The Morgan fingerprint density at radius 1 is 0.462 bits per heavy atom. The Hall–Kier alpha value is -4.32. The average Bonchev–Trinajstić information content (AvgIpc) is 2.95. The lowest BCUT2D eigenvalue weighted by Crippen LogP contribution is -2.24. The SMILES string of the molecule is CCCCCCCCC(Oc1ccc(Oc2ccc(N)cc2)cc1)Oc1ccc(Oc2ccc(N)cc2)cc1. The van der Waals surface area contributed by atoms with Crippen LogP contribution in [0.2, 0.25) is 0 Å². The fourth-order valence-corrected chi connectivity index (χ4v) is 4.05. The highest BCUT2D eigenvalue weighted by molar-refractivity contribution is 5.44. The molecule has 0 radical (unpaired) electrons. The maximum absolute atomic E-state index is 6.27. The zero-order valence-corrected chi connectivity index (χ0v) is 22.6. The van der Waals surface area contributed by atoms with Crippen LogP contribution in [0.25, 0.3) is 0 Å². The summed E-state index contributed by atoms with van der Waals surface area (Å²) in [7, 11) is 0. The number of hydrogen-bond acceptors (Lipinski definition) is 6. The van der Waals surface area contributed by atoms with Crippen LogP contribution in [0.15, 0.2) is 97.1 Å². The van der Waals surface area contributed by atoms with Gasteiger partial charge in [-0.05, 0) is 103 Å². The molecule has 4 rings (SSSR count). The molecule has 4 N–H and O–H groups in total. The Morgan fingerprint density at radius 2 is 0.795 bits per heavy atom. The molecule has 0 aliphatic heterocycles. The van der Waals surface area contributed by atoms with Gasteiger partial charge in [0.25, 0.3) is 0 Å². The van der Waals surface area contributed by atoms with Gasteiger partial charge >= 0.3 is 0 Å². The van der Waals surface area contributed by atoms with Crippen molar-refractivity contribution >= 4 is 11.4 Å². The van der Waals surface area contributed by atoms with Gasteiger partial charge in [-0.25, -0.2) is 0 Å². The van der Waals surface area contributed by atoms with Gasteiger partial charge in [0, 0.05) is 17.8 Å². The van der Waals surface area contributed by atoms with E-state index in [2.05, 4.69) is 6.92 Å². The summed E-state index contributed by atoms with van der Waals surface area (Å²) in [6, 6.07) is 29.8. The van der Waals surface area contributed by atoms with Crippen molar-refractivity contribution in [3.8, 4) is 34.5 Å². The molecule has 0 atom stereocenters. The van der Waals surface area contributed by atoms with Crippen molar-refractivity contribution in [3.63, 3.8) is 0 Å². The lowest BCUT2D eigenvalue weighted by atomic mass is 10.1. The van der Waals surface area contributed by atoms with Crippen LogP contribution in [-0.2, 0) is 0 Å². The third-order valence-electron chi connectivity index (χ3n) is 6.21. The summed E-state index contributed by atoms with van der Waals surface area (Å²) in [5.74, 6) is 4.34. The number of nitrogen functional groups attached to an aromatic ring is 2. The minimum Gasteiger partial charge on any atom is -0.457 e. The van der Waals surface area contributed by atoms with Gasteiger partial charge in [0.15, 0.2) is 0 Å². The van der Waals surface area contributed by atoms with Crippen molar-refractivity contribution in [1.29, 1.82) is 0 Å². The van der Waals surface area contributed by atoms with E-state index in [0.29, 0.717) is 11.4 Å². The van der Waals surface area contributed by atoms with Gasteiger partial charge in [-0.1, -0.05) is 39.0 Å². The number of benzene rings is 4. The zero-order valence-electron chi connectivity index (χ0n) is 22.6. The average molecular weight is 527 g/mol. The summed E-state index contributed by atoms with van der Waals surface area (Å²) in [4.78, 5) is 0. The Balaban J connectivity index is 1.36. The lowest BCUT2D eigenvalue weighted by molar-refractivity contribution is -0.00251. The number of anilines is 2. The third kappa shape index (κ3) is 9.49. The molecule has 0 spiro atoms. The van der Waals surface area contributed by atoms with Crippen LogP contribution in [0.4, 0.5) is 11.4 Å². The molecule has 39 heavy (non-hydrogen) atoms. The number of ether oxygens (including phenoxy) is 4. The normalized spacial score (nSPS) is 10.8. The third-order valence-corrected chi connectivity index (χ3v) is 6.21. The van der Waals surface area contributed by atoms with E-state index in [1.807, 2.05) is 97.1 Å². The largest absolute Gasteiger partial charge is 0.457 e. The molecule has 4 aromatic carbocycles. The molecule has 0 saturated heterocycles. The number of hydrogen-bond donors (Lipinski definition) is 2. The van der Waals surface area contributed by atoms with Crippen LogP contribution in [-0.4, -0.2) is 6.29 Å². The van der Waals surface area contributed by atoms with Crippen LogP contribution in [0, 0.1) is 0 Å². The number of rotatable bonds is 15. The highest BCUT2D eigenvalue weighted by atomic mass is 16.7. The smallest absolute Gasteiger partial charge is 0.241 e. The van der Waals surface area contributed by atoms with Crippen LogP contribution in [0.1, 0.15) is 51.9 Å². The Kier molecular flexibility index (Phi) is 10.4. The van der Waals surface area contributed by atoms with Crippen molar-refractivity contribution < 1.29 is 18.9 Å². The fraction of sp³-hybridized carbons (Fsp3) is 0.273. The van der Waals surface area contributed by atoms with E-state index in [1.54, 1.807) is 0 Å². The van der Waals surface area contributed by atoms with Gasteiger partial charge in [-0.15, -0.1) is 0 Å². The molecule has 0 unspecified atom stereocenters. The second-order valence-corrected chi connectivity index (χ2v) is 9.51. The monoisotopic (exact) mass is 526 g/mol. The first-order valence-electron chi connectivity index (χ1n) is 13.7. The summed E-state index contributed by atoms with van der Waals surface area (Å²) in [6.45, 7) is 2.23. The Morgan fingerprint density at radius 3 is 1.21 bits per heavy atom. The van der Waals surface area contributed by atoms with E-state index in [4.69, 9.17) is 30.4 Å². The first kappa shape index (κ1) is 27.7. The van der Waals surface area contributed by atoms with E-state index in [9.17, 15) is 0 Å². The number of nitrogens with two attached hydrogens (primary N) is 2. The summed E-state index contributed by atoms with van der Waals surface area (Å²) >= 11 is 0. The second kappa shape index (κ2) is 14.6. The van der Waals surface area contributed by atoms with Crippen molar-refractivity contribution in [1.82, 2.24) is 0 Å². The summed E-state index contributed by atoms with van der Waals surface area (Å²) in [5, 5.41) is 0. The van der Waals surface area contributed by atoms with Gasteiger partial charge in [0.2, 0.25) is 6.29 Å². The van der Waals surface area contributed by atoms with E-state index < -0.39 is 6.29 Å². The maximum Gasteiger partial charge on any atom is 0.241 e. The maximum atomic E-state index is 6.27. The van der Waals surface area contributed by atoms with Crippen molar-refractivity contribution in [2.24, 2.45) is 0 Å². The van der Waals surface area contributed by atoms with Crippen molar-refractivity contribution in [3.05, 3.63) is 97.1 Å². The lowest BCUT2D eigenvalue weighted by Gasteiger charge is -2.21. The van der Waals surface area contributed by atoms with Crippen molar-refractivity contribution in [2.75, 3.05) is 11.5 Å². The summed E-state index contributed by atoms with van der Waals surface area (Å²) in [6.07, 6.45) is 7.60. The molecule has 0 aliphatic rings. The second-order valence-electron chi connectivity index (χ2n) is 9.51. The van der Waals surface area contributed by atoms with Gasteiger partial charge in [0.1, 0.15) is 34.5 Å². The highest BCUT2D eigenvalue weighted by Gasteiger charge is 2.13. The van der Waals surface area contributed by atoms with E-state index in [-0.39, 0.29) is 0 Å². The van der Waals surface area contributed by atoms with Gasteiger partial charge in [-0.3, -0.25) is 0 Å². The minimum absolute atomic E-state index is 0.413. The minimum atomic E-state index is -0.413. The van der Waals surface area contributed by atoms with Gasteiger partial charge < -0.3 is 30.4 Å². The zero-order chi connectivity index (χ0) is 27.3. The first-order valence-corrected chi connectivity index (χ1v) is 13.7. The van der Waals surface area contributed by atoms with Crippen LogP contribution < -0.4 is 30.4 Å². The Labute approximate surface area is 231 Å². The predicted molar refractivity (Wildman–Crippen MR) is 158 cm³/mol. The fourth-order valence-electron chi connectivity index (χ4n) is 4.05. The highest BCUT2D eigenvalue weighted by Crippen LogP contribution is 2.28. The summed E-state index contributed by atoms with van der Waals surface area (Å²) in [5.41, 5.74) is 12.9. The van der Waals surface area contributed by atoms with Crippen LogP contribution in [0.3, 0.4) is 0 Å². The first-order chi connectivity index (χ1) is 19.1. The molecule has 0 amide bonds. The standard InChI is InChI=1S/C33H38N2O4/c1-2-3-4-5-6-7-8-33(38-31-21-17-29(18-22-31)36-27-13-9-25(34)10-14-27)39-32-23-19-30(20-24-32)37-28-15-11-26(35)12-16-28/h9-24,33H,2-8,34-35H2,1H3. The molecule has 204 valence electrons. The van der Waals surface area contributed by atoms with Gasteiger partial charge in [0.05, 0.1) is 0 Å². The molecule has 0 fully saturated rings. The molecular formula is C33H38N2O4. The molecule has 0 saturated carbocycles. The number of unbranched alkanes of at least 4 members (excludes halogenated alkanes) is 5. The van der Waals surface area contributed by atoms with Crippen LogP contribution in [0.5, 0.6) is 34.5 Å². The van der Waals surface area contributed by atoms with E-state index in [0.717, 1.165) is 53.8 Å². The molecule has 0 bridgehead atoms. The quantitative estimate of drug-likeness (QED) is 0.0913. The predicted octanol–water partition coefficient (Wildman–Crippen LogP) is 8.97. The van der Waals surface area contributed by atoms with Crippen molar-refractivity contribution in [2.45, 2.75) is 58.2 Å². The molecule has 6 heteroatoms. The molecule has 0 aliphatic carbocycles. The molecule has 6 nitrogen and oxygen atoms in total. The molecule has 4 aromatic rings. The van der Waals surface area contributed by atoms with E-state index >= 15 is 0 Å². The molecular weight excluding hydrogens is 488 g/mol. The molecule has 0 aromatic heterocycles. The molecule has 0 heterocycles. The Bertz CT molecular complexity index is 1150. The summed E-state index contributed by atoms with van der Waals surface area (Å²) < 4.78 is 24.3. The van der Waals surface area contributed by atoms with Crippen LogP contribution >= 0.6 is 0 Å².